The maximum absolute atomic E-state index is 12.5. The number of benzene rings is 2. The second-order valence-electron chi connectivity index (χ2n) is 4.97. The number of aromatic amines is 1. The van der Waals surface area contributed by atoms with Gasteiger partial charge < -0.3 is 15.4 Å². The molecule has 0 saturated heterocycles. The summed E-state index contributed by atoms with van der Waals surface area (Å²) in [6.45, 7) is 1.68. The van der Waals surface area contributed by atoms with Gasteiger partial charge in [0.2, 0.25) is 0 Å². The molecule has 4 nitrogen and oxygen atoms in total. The first-order chi connectivity index (χ1) is 10.2. The maximum atomic E-state index is 12.5. The van der Waals surface area contributed by atoms with Crippen LogP contribution in [0, 0.1) is 0 Å². The van der Waals surface area contributed by atoms with Crippen molar-refractivity contribution in [1.29, 1.82) is 0 Å². The highest BCUT2D eigenvalue weighted by Crippen LogP contribution is 2.24. The molecule has 3 rings (SSSR count). The standard InChI is InChI=1S/C17H16N2O2/c1-11(20)12-6-2-5-9-16(12)19-17(21)14-10-18-15-8-4-3-7-13(14)15/h2-11,18,20H,1H3,(H,19,21). The molecule has 0 fully saturated rings. The lowest BCUT2D eigenvalue weighted by molar-refractivity contribution is 0.102. The van der Waals surface area contributed by atoms with Gasteiger partial charge in [0.1, 0.15) is 0 Å². The smallest absolute Gasteiger partial charge is 0.257 e. The second kappa shape index (κ2) is 5.42. The van der Waals surface area contributed by atoms with E-state index in [9.17, 15) is 9.90 Å². The number of aliphatic hydroxyl groups is 1. The van der Waals surface area contributed by atoms with Crippen molar-refractivity contribution in [2.24, 2.45) is 0 Å². The van der Waals surface area contributed by atoms with Gasteiger partial charge in [-0.05, 0) is 19.1 Å². The Morgan fingerprint density at radius 1 is 1.14 bits per heavy atom. The monoisotopic (exact) mass is 280 g/mol. The molecule has 3 N–H and O–H groups in total. The molecular weight excluding hydrogens is 264 g/mol. The Kier molecular flexibility index (Phi) is 3.46. The highest BCUT2D eigenvalue weighted by Gasteiger charge is 2.14. The van der Waals surface area contributed by atoms with Crippen molar-refractivity contribution in [2.75, 3.05) is 5.32 Å². The third-order valence-corrected chi connectivity index (χ3v) is 3.49. The van der Waals surface area contributed by atoms with Crippen LogP contribution < -0.4 is 5.32 Å². The molecule has 1 heterocycles. The Labute approximate surface area is 122 Å². The minimum atomic E-state index is -0.635. The molecule has 0 aliphatic heterocycles. The van der Waals surface area contributed by atoms with Gasteiger partial charge in [0.05, 0.1) is 11.7 Å². The molecule has 4 heteroatoms. The summed E-state index contributed by atoms with van der Waals surface area (Å²) < 4.78 is 0. The van der Waals surface area contributed by atoms with Crippen LogP contribution in [0.4, 0.5) is 5.69 Å². The predicted octanol–water partition coefficient (Wildman–Crippen LogP) is 3.47. The number of H-pyrrole nitrogens is 1. The van der Waals surface area contributed by atoms with Crippen molar-refractivity contribution in [3.63, 3.8) is 0 Å². The topological polar surface area (TPSA) is 65.1 Å². The first-order valence-corrected chi connectivity index (χ1v) is 6.81. The number of carbonyl (C=O) groups excluding carboxylic acids is 1. The zero-order valence-electron chi connectivity index (χ0n) is 11.6. The van der Waals surface area contributed by atoms with Crippen LogP contribution in [0.3, 0.4) is 0 Å². The zero-order valence-corrected chi connectivity index (χ0v) is 11.6. The van der Waals surface area contributed by atoms with E-state index in [4.69, 9.17) is 0 Å². The van der Waals surface area contributed by atoms with Gasteiger partial charge in [0.15, 0.2) is 0 Å². The summed E-state index contributed by atoms with van der Waals surface area (Å²) in [5.74, 6) is -0.194. The molecule has 21 heavy (non-hydrogen) atoms. The summed E-state index contributed by atoms with van der Waals surface area (Å²) in [6, 6.07) is 14.9. The number of fused-ring (bicyclic) bond motifs is 1. The van der Waals surface area contributed by atoms with Gasteiger partial charge in [-0.25, -0.2) is 0 Å². The third kappa shape index (κ3) is 2.53. The van der Waals surface area contributed by atoms with Crippen molar-refractivity contribution >= 4 is 22.5 Å². The summed E-state index contributed by atoms with van der Waals surface area (Å²) in [5, 5.41) is 13.5. The number of carbonyl (C=O) groups is 1. The van der Waals surface area contributed by atoms with Crippen LogP contribution in [0.1, 0.15) is 28.9 Å². The minimum absolute atomic E-state index is 0.194. The summed E-state index contributed by atoms with van der Waals surface area (Å²) in [4.78, 5) is 15.5. The fourth-order valence-electron chi connectivity index (χ4n) is 2.42. The fraction of sp³-hybridized carbons (Fsp3) is 0.118. The fourth-order valence-corrected chi connectivity index (χ4v) is 2.42. The average Bonchev–Trinajstić information content (AvgIpc) is 2.91. The van der Waals surface area contributed by atoms with Crippen LogP contribution in [0.2, 0.25) is 0 Å². The van der Waals surface area contributed by atoms with Crippen LogP contribution in [-0.2, 0) is 0 Å². The van der Waals surface area contributed by atoms with Crippen molar-refractivity contribution in [3.8, 4) is 0 Å². The number of nitrogens with one attached hydrogen (secondary N) is 2. The van der Waals surface area contributed by atoms with Gasteiger partial charge >= 0.3 is 0 Å². The Morgan fingerprint density at radius 3 is 2.67 bits per heavy atom. The quantitative estimate of drug-likeness (QED) is 0.687. The Hall–Kier alpha value is -2.59. The molecule has 2 aromatic carbocycles. The first-order valence-electron chi connectivity index (χ1n) is 6.81. The number of aliphatic hydroxyl groups excluding tert-OH is 1. The molecule has 0 aliphatic carbocycles. The van der Waals surface area contributed by atoms with Gasteiger partial charge in [-0.3, -0.25) is 4.79 Å². The average molecular weight is 280 g/mol. The molecule has 3 aromatic rings. The molecule has 1 unspecified atom stereocenters. The molecule has 0 radical (unpaired) electrons. The molecule has 0 bridgehead atoms. The summed E-state index contributed by atoms with van der Waals surface area (Å²) in [5.41, 5.74) is 2.84. The van der Waals surface area contributed by atoms with E-state index in [1.165, 1.54) is 0 Å². The lowest BCUT2D eigenvalue weighted by Gasteiger charge is -2.12. The summed E-state index contributed by atoms with van der Waals surface area (Å²) in [6.07, 6.45) is 1.06. The normalized spacial score (nSPS) is 12.3. The van der Waals surface area contributed by atoms with Crippen molar-refractivity contribution in [3.05, 3.63) is 65.9 Å². The number of hydrogen-bond acceptors (Lipinski definition) is 2. The molecule has 1 atom stereocenters. The summed E-state index contributed by atoms with van der Waals surface area (Å²) >= 11 is 0. The van der Waals surface area contributed by atoms with E-state index in [2.05, 4.69) is 10.3 Å². The van der Waals surface area contributed by atoms with E-state index in [1.807, 2.05) is 36.4 Å². The molecule has 1 aromatic heterocycles. The van der Waals surface area contributed by atoms with E-state index in [-0.39, 0.29) is 5.91 Å². The number of rotatable bonds is 3. The Morgan fingerprint density at radius 2 is 1.86 bits per heavy atom. The minimum Gasteiger partial charge on any atom is -0.389 e. The third-order valence-electron chi connectivity index (χ3n) is 3.49. The van der Waals surface area contributed by atoms with Crippen LogP contribution in [0.15, 0.2) is 54.7 Å². The van der Waals surface area contributed by atoms with Gasteiger partial charge in [-0.1, -0.05) is 36.4 Å². The Balaban J connectivity index is 1.94. The van der Waals surface area contributed by atoms with Crippen LogP contribution in [0.25, 0.3) is 10.9 Å². The summed E-state index contributed by atoms with van der Waals surface area (Å²) in [7, 11) is 0. The highest BCUT2D eigenvalue weighted by molar-refractivity contribution is 6.13. The molecule has 0 aliphatic rings. The lowest BCUT2D eigenvalue weighted by atomic mass is 10.1. The number of aromatic nitrogens is 1. The van der Waals surface area contributed by atoms with Gasteiger partial charge in [0, 0.05) is 28.4 Å². The molecular formula is C17H16N2O2. The van der Waals surface area contributed by atoms with Crippen LogP contribution in [0.5, 0.6) is 0 Å². The predicted molar refractivity (Wildman–Crippen MR) is 83.3 cm³/mol. The zero-order chi connectivity index (χ0) is 14.8. The maximum Gasteiger partial charge on any atom is 0.257 e. The molecule has 1 amide bonds. The number of anilines is 1. The van der Waals surface area contributed by atoms with E-state index in [1.54, 1.807) is 25.3 Å². The first kappa shape index (κ1) is 13.4. The van der Waals surface area contributed by atoms with Crippen molar-refractivity contribution in [2.45, 2.75) is 13.0 Å². The van der Waals surface area contributed by atoms with Gasteiger partial charge in [0.25, 0.3) is 5.91 Å². The van der Waals surface area contributed by atoms with Crippen molar-refractivity contribution < 1.29 is 9.90 Å². The molecule has 106 valence electrons. The van der Waals surface area contributed by atoms with E-state index in [0.29, 0.717) is 16.8 Å². The van der Waals surface area contributed by atoms with Gasteiger partial charge in [-0.2, -0.15) is 0 Å². The van der Waals surface area contributed by atoms with Crippen LogP contribution >= 0.6 is 0 Å². The largest absolute Gasteiger partial charge is 0.389 e. The number of amides is 1. The van der Waals surface area contributed by atoms with E-state index < -0.39 is 6.10 Å². The lowest BCUT2D eigenvalue weighted by Crippen LogP contribution is -2.13. The SMILES string of the molecule is CC(O)c1ccccc1NC(=O)c1c[nH]c2ccccc12. The molecule has 0 spiro atoms. The van der Waals surface area contributed by atoms with Gasteiger partial charge in [-0.15, -0.1) is 0 Å². The second-order valence-corrected chi connectivity index (χ2v) is 4.97. The number of hydrogen-bond donors (Lipinski definition) is 3. The van der Waals surface area contributed by atoms with Crippen molar-refractivity contribution in [1.82, 2.24) is 4.98 Å². The Bertz CT molecular complexity index is 790. The van der Waals surface area contributed by atoms with E-state index in [0.717, 1.165) is 10.9 Å². The highest BCUT2D eigenvalue weighted by atomic mass is 16.3. The molecule has 0 saturated carbocycles. The number of para-hydroxylation sites is 2. The van der Waals surface area contributed by atoms with Crippen LogP contribution in [-0.4, -0.2) is 16.0 Å². The van der Waals surface area contributed by atoms with E-state index >= 15 is 0 Å².